The Labute approximate surface area is 115 Å². The number of nitrogens with zero attached hydrogens (tertiary/aromatic N) is 2. The van der Waals surface area contributed by atoms with Gasteiger partial charge in [-0.05, 0) is 25.1 Å². The summed E-state index contributed by atoms with van der Waals surface area (Å²) >= 11 is 5.92. The van der Waals surface area contributed by atoms with Crippen LogP contribution in [0.3, 0.4) is 0 Å². The number of nitro benzene ring substituents is 1. The molecule has 0 N–H and O–H groups in total. The molecule has 19 heavy (non-hydrogen) atoms. The molecule has 5 nitrogen and oxygen atoms in total. The molecule has 0 aliphatic rings. The Hall–Kier alpha value is -2.14. The Morgan fingerprint density at radius 2 is 2.16 bits per heavy atom. The van der Waals surface area contributed by atoms with Gasteiger partial charge in [-0.1, -0.05) is 17.7 Å². The van der Waals surface area contributed by atoms with Crippen LogP contribution in [0.25, 0.3) is 0 Å². The molecular formula is C13H11ClN2O3. The first-order valence-electron chi connectivity index (χ1n) is 5.55. The van der Waals surface area contributed by atoms with Crippen molar-refractivity contribution in [2.75, 3.05) is 0 Å². The minimum Gasteiger partial charge on any atom is -0.486 e. The van der Waals surface area contributed by atoms with E-state index in [2.05, 4.69) is 4.98 Å². The van der Waals surface area contributed by atoms with Crippen molar-refractivity contribution in [1.29, 1.82) is 0 Å². The third kappa shape index (κ3) is 3.42. The van der Waals surface area contributed by atoms with Crippen molar-refractivity contribution < 1.29 is 9.66 Å². The van der Waals surface area contributed by atoms with Crippen molar-refractivity contribution in [3.8, 4) is 5.75 Å². The highest BCUT2D eigenvalue weighted by Crippen LogP contribution is 2.29. The first kappa shape index (κ1) is 13.3. The number of halogens is 1. The predicted molar refractivity (Wildman–Crippen MR) is 71.4 cm³/mol. The Kier molecular flexibility index (Phi) is 3.97. The molecule has 0 aliphatic heterocycles. The lowest BCUT2D eigenvalue weighted by molar-refractivity contribution is -0.384. The van der Waals surface area contributed by atoms with Gasteiger partial charge in [0.2, 0.25) is 0 Å². The average Bonchev–Trinajstić information content (AvgIpc) is 2.37. The molecule has 0 amide bonds. The third-order valence-electron chi connectivity index (χ3n) is 2.45. The Morgan fingerprint density at radius 3 is 2.79 bits per heavy atom. The summed E-state index contributed by atoms with van der Waals surface area (Å²) in [7, 11) is 0. The summed E-state index contributed by atoms with van der Waals surface area (Å²) in [5.41, 5.74) is 1.61. The van der Waals surface area contributed by atoms with Crippen molar-refractivity contribution in [2.45, 2.75) is 13.5 Å². The molecule has 2 aromatic rings. The number of hydrogen-bond donors (Lipinski definition) is 0. The van der Waals surface area contributed by atoms with Crippen LogP contribution in [-0.4, -0.2) is 9.91 Å². The predicted octanol–water partition coefficient (Wildman–Crippen LogP) is 3.53. The molecule has 6 heteroatoms. The summed E-state index contributed by atoms with van der Waals surface area (Å²) in [4.78, 5) is 14.4. The van der Waals surface area contributed by atoms with Gasteiger partial charge in [0.15, 0.2) is 0 Å². The van der Waals surface area contributed by atoms with Crippen LogP contribution in [0.1, 0.15) is 11.4 Å². The molecule has 0 spiro atoms. The van der Waals surface area contributed by atoms with E-state index in [1.807, 2.05) is 25.1 Å². The number of nitro groups is 1. The molecular weight excluding hydrogens is 268 g/mol. The largest absolute Gasteiger partial charge is 0.486 e. The van der Waals surface area contributed by atoms with E-state index in [9.17, 15) is 10.1 Å². The fourth-order valence-electron chi connectivity index (χ4n) is 1.55. The lowest BCUT2D eigenvalue weighted by Crippen LogP contribution is -1.99. The van der Waals surface area contributed by atoms with Crippen molar-refractivity contribution >= 4 is 17.3 Å². The minimum atomic E-state index is -0.502. The number of rotatable bonds is 4. The van der Waals surface area contributed by atoms with E-state index in [-0.39, 0.29) is 17.3 Å². The van der Waals surface area contributed by atoms with E-state index < -0.39 is 4.92 Å². The van der Waals surface area contributed by atoms with Crippen LogP contribution in [0, 0.1) is 17.0 Å². The summed E-state index contributed by atoms with van der Waals surface area (Å²) in [6.45, 7) is 2.15. The van der Waals surface area contributed by atoms with E-state index in [1.165, 1.54) is 18.2 Å². The van der Waals surface area contributed by atoms with Gasteiger partial charge in [-0.2, -0.15) is 0 Å². The van der Waals surface area contributed by atoms with Crippen LogP contribution < -0.4 is 4.74 Å². The second-order valence-electron chi connectivity index (χ2n) is 3.93. The fourth-order valence-corrected chi connectivity index (χ4v) is 1.78. The smallest absolute Gasteiger partial charge is 0.271 e. The zero-order valence-corrected chi connectivity index (χ0v) is 10.9. The monoisotopic (exact) mass is 278 g/mol. The molecule has 1 heterocycles. The molecule has 0 aliphatic carbocycles. The maximum Gasteiger partial charge on any atom is 0.271 e. The number of hydrogen-bond acceptors (Lipinski definition) is 4. The van der Waals surface area contributed by atoms with Gasteiger partial charge in [0.25, 0.3) is 5.69 Å². The highest BCUT2D eigenvalue weighted by atomic mass is 35.5. The summed E-state index contributed by atoms with van der Waals surface area (Å²) in [6.07, 6.45) is 0. The molecule has 0 fully saturated rings. The second-order valence-corrected chi connectivity index (χ2v) is 4.34. The molecule has 0 atom stereocenters. The van der Waals surface area contributed by atoms with E-state index in [1.54, 1.807) is 0 Å². The number of ether oxygens (including phenoxy) is 1. The van der Waals surface area contributed by atoms with Crippen LogP contribution in [0.5, 0.6) is 5.75 Å². The van der Waals surface area contributed by atoms with Crippen LogP contribution in [0.4, 0.5) is 5.69 Å². The zero-order valence-electron chi connectivity index (χ0n) is 10.2. The fraction of sp³-hybridized carbons (Fsp3) is 0.154. The molecule has 0 saturated carbocycles. The van der Waals surface area contributed by atoms with Gasteiger partial charge in [-0.3, -0.25) is 15.1 Å². The molecule has 98 valence electrons. The zero-order chi connectivity index (χ0) is 13.8. The summed E-state index contributed by atoms with van der Waals surface area (Å²) in [6, 6.07) is 9.72. The van der Waals surface area contributed by atoms with Crippen molar-refractivity contribution in [3.63, 3.8) is 0 Å². The lowest BCUT2D eigenvalue weighted by atomic mass is 10.3. The molecule has 0 bridgehead atoms. The van der Waals surface area contributed by atoms with E-state index >= 15 is 0 Å². The first-order chi connectivity index (χ1) is 9.06. The van der Waals surface area contributed by atoms with Crippen LogP contribution in [-0.2, 0) is 6.61 Å². The molecule has 0 saturated heterocycles. The van der Waals surface area contributed by atoms with Gasteiger partial charge in [0.1, 0.15) is 12.4 Å². The highest BCUT2D eigenvalue weighted by molar-refractivity contribution is 6.32. The maximum absolute atomic E-state index is 10.6. The molecule has 2 rings (SSSR count). The standard InChI is InChI=1S/C13H11ClN2O3/c1-9-3-2-4-10(15-9)8-19-13-6-5-11(16(17)18)7-12(13)14/h2-7H,8H2,1H3. The number of benzene rings is 1. The third-order valence-corrected chi connectivity index (χ3v) is 2.74. The molecule has 1 aromatic heterocycles. The molecule has 1 aromatic carbocycles. The van der Waals surface area contributed by atoms with Crippen LogP contribution in [0.15, 0.2) is 36.4 Å². The Morgan fingerprint density at radius 1 is 1.37 bits per heavy atom. The Bertz CT molecular complexity index is 617. The summed E-state index contributed by atoms with van der Waals surface area (Å²) in [5, 5.41) is 10.8. The average molecular weight is 279 g/mol. The maximum atomic E-state index is 10.6. The minimum absolute atomic E-state index is 0.0639. The van der Waals surface area contributed by atoms with E-state index in [0.717, 1.165) is 11.4 Å². The molecule has 0 radical (unpaired) electrons. The number of aryl methyl sites for hydroxylation is 1. The normalized spacial score (nSPS) is 10.2. The van der Waals surface area contributed by atoms with Crippen molar-refractivity contribution in [1.82, 2.24) is 4.98 Å². The highest BCUT2D eigenvalue weighted by Gasteiger charge is 2.10. The van der Waals surface area contributed by atoms with Gasteiger partial charge in [-0.15, -0.1) is 0 Å². The van der Waals surface area contributed by atoms with Crippen molar-refractivity contribution in [3.05, 3.63) is 62.9 Å². The van der Waals surface area contributed by atoms with Gasteiger partial charge >= 0.3 is 0 Å². The van der Waals surface area contributed by atoms with Gasteiger partial charge in [0.05, 0.1) is 15.6 Å². The Balaban J connectivity index is 2.10. The topological polar surface area (TPSA) is 65.3 Å². The van der Waals surface area contributed by atoms with Gasteiger partial charge in [0, 0.05) is 17.8 Å². The summed E-state index contributed by atoms with van der Waals surface area (Å²) in [5.74, 6) is 0.399. The number of aromatic nitrogens is 1. The van der Waals surface area contributed by atoms with Crippen molar-refractivity contribution in [2.24, 2.45) is 0 Å². The van der Waals surface area contributed by atoms with E-state index in [0.29, 0.717) is 5.75 Å². The van der Waals surface area contributed by atoms with Gasteiger partial charge < -0.3 is 4.74 Å². The van der Waals surface area contributed by atoms with Crippen LogP contribution >= 0.6 is 11.6 Å². The van der Waals surface area contributed by atoms with Crippen LogP contribution in [0.2, 0.25) is 5.02 Å². The van der Waals surface area contributed by atoms with Gasteiger partial charge in [-0.25, -0.2) is 0 Å². The first-order valence-corrected chi connectivity index (χ1v) is 5.93. The lowest BCUT2D eigenvalue weighted by Gasteiger charge is -2.07. The second kappa shape index (κ2) is 5.67. The van der Waals surface area contributed by atoms with E-state index in [4.69, 9.17) is 16.3 Å². The number of pyridine rings is 1. The quantitative estimate of drug-likeness (QED) is 0.634. The molecule has 0 unspecified atom stereocenters. The number of non-ortho nitro benzene ring substituents is 1. The summed E-state index contributed by atoms with van der Waals surface area (Å²) < 4.78 is 5.50. The SMILES string of the molecule is Cc1cccc(COc2ccc([N+](=O)[O-])cc2Cl)n1.